The summed E-state index contributed by atoms with van der Waals surface area (Å²) in [6.45, 7) is 3.57. The van der Waals surface area contributed by atoms with Crippen molar-refractivity contribution < 1.29 is 9.90 Å². The van der Waals surface area contributed by atoms with Crippen molar-refractivity contribution >= 4 is 45.0 Å². The van der Waals surface area contributed by atoms with Crippen molar-refractivity contribution in [1.29, 1.82) is 0 Å². The highest BCUT2D eigenvalue weighted by Gasteiger charge is 2.16. The fraction of sp³-hybridized carbons (Fsp3) is 0.143. The average molecular weight is 356 g/mol. The maximum atomic E-state index is 11.4. The molecule has 20 heavy (non-hydrogen) atoms. The quantitative estimate of drug-likeness (QED) is 0.847. The molecule has 104 valence electrons. The molecule has 0 spiro atoms. The molecule has 0 bridgehead atoms. The number of nitrogens with one attached hydrogen (secondary N) is 1. The molecule has 0 saturated heterocycles. The standard InChI is InChI=1S/C14H12BrClN2O2/c1-7-5-8(2)17-13(12(7)14(19)20)18-11-4-3-9(16)6-10(11)15/h3-6H,1-2H3,(H,17,18)(H,19,20). The molecule has 0 unspecified atom stereocenters. The molecule has 0 aliphatic rings. The maximum Gasteiger partial charge on any atom is 0.339 e. The number of pyridine rings is 1. The largest absolute Gasteiger partial charge is 0.478 e. The lowest BCUT2D eigenvalue weighted by Gasteiger charge is -2.13. The number of anilines is 2. The third kappa shape index (κ3) is 3.11. The maximum absolute atomic E-state index is 11.4. The Balaban J connectivity index is 2.50. The predicted octanol–water partition coefficient (Wildman–Crippen LogP) is 4.56. The van der Waals surface area contributed by atoms with E-state index >= 15 is 0 Å². The summed E-state index contributed by atoms with van der Waals surface area (Å²) in [5.41, 5.74) is 2.28. The van der Waals surface area contributed by atoms with Gasteiger partial charge >= 0.3 is 5.97 Å². The van der Waals surface area contributed by atoms with Crippen LogP contribution in [0.25, 0.3) is 0 Å². The van der Waals surface area contributed by atoms with Gasteiger partial charge < -0.3 is 10.4 Å². The number of nitrogens with zero attached hydrogens (tertiary/aromatic N) is 1. The van der Waals surface area contributed by atoms with E-state index in [2.05, 4.69) is 26.2 Å². The Bertz CT molecular complexity index is 689. The Kier molecular flexibility index (Phi) is 4.30. The Morgan fingerprint density at radius 3 is 2.65 bits per heavy atom. The third-order valence-electron chi connectivity index (χ3n) is 2.74. The molecule has 0 atom stereocenters. The number of carboxylic acids is 1. The van der Waals surface area contributed by atoms with Crippen molar-refractivity contribution in [2.45, 2.75) is 13.8 Å². The molecular weight excluding hydrogens is 344 g/mol. The van der Waals surface area contributed by atoms with Crippen LogP contribution >= 0.6 is 27.5 Å². The van der Waals surface area contributed by atoms with Gasteiger partial charge in [0.15, 0.2) is 0 Å². The first-order chi connectivity index (χ1) is 9.38. The number of carbonyl (C=O) groups is 1. The number of aryl methyl sites for hydroxylation is 2. The van der Waals surface area contributed by atoms with Crippen LogP contribution in [0, 0.1) is 13.8 Å². The van der Waals surface area contributed by atoms with Gasteiger partial charge in [-0.25, -0.2) is 9.78 Å². The normalized spacial score (nSPS) is 10.4. The van der Waals surface area contributed by atoms with E-state index in [0.29, 0.717) is 22.1 Å². The van der Waals surface area contributed by atoms with Gasteiger partial charge in [0, 0.05) is 15.2 Å². The number of halogens is 2. The summed E-state index contributed by atoms with van der Waals surface area (Å²) in [6, 6.07) is 6.95. The van der Waals surface area contributed by atoms with Crippen LogP contribution in [-0.4, -0.2) is 16.1 Å². The van der Waals surface area contributed by atoms with Gasteiger partial charge in [0.05, 0.1) is 5.69 Å². The van der Waals surface area contributed by atoms with Crippen LogP contribution in [0.15, 0.2) is 28.7 Å². The van der Waals surface area contributed by atoms with Crippen molar-refractivity contribution in [2.75, 3.05) is 5.32 Å². The van der Waals surface area contributed by atoms with Gasteiger partial charge in [-0.1, -0.05) is 11.6 Å². The lowest BCUT2D eigenvalue weighted by molar-refractivity contribution is 0.0697. The van der Waals surface area contributed by atoms with E-state index in [9.17, 15) is 9.90 Å². The molecule has 2 aromatic rings. The average Bonchev–Trinajstić information content (AvgIpc) is 2.31. The Morgan fingerprint density at radius 1 is 1.35 bits per heavy atom. The molecule has 4 nitrogen and oxygen atoms in total. The van der Waals surface area contributed by atoms with Crippen LogP contribution in [0.2, 0.25) is 5.02 Å². The van der Waals surface area contributed by atoms with E-state index in [-0.39, 0.29) is 5.56 Å². The monoisotopic (exact) mass is 354 g/mol. The van der Waals surface area contributed by atoms with E-state index in [1.165, 1.54) is 0 Å². The highest BCUT2D eigenvalue weighted by Crippen LogP contribution is 2.30. The van der Waals surface area contributed by atoms with Gasteiger partial charge in [-0.15, -0.1) is 0 Å². The van der Waals surface area contributed by atoms with Gasteiger partial charge in [0.2, 0.25) is 0 Å². The number of benzene rings is 1. The van der Waals surface area contributed by atoms with Gasteiger partial charge in [0.25, 0.3) is 0 Å². The molecule has 2 N–H and O–H groups in total. The highest BCUT2D eigenvalue weighted by atomic mass is 79.9. The van der Waals surface area contributed by atoms with Crippen LogP contribution in [0.4, 0.5) is 11.5 Å². The predicted molar refractivity (Wildman–Crippen MR) is 83.1 cm³/mol. The molecule has 0 amide bonds. The van der Waals surface area contributed by atoms with Crippen molar-refractivity contribution in [2.24, 2.45) is 0 Å². The zero-order valence-electron chi connectivity index (χ0n) is 10.9. The van der Waals surface area contributed by atoms with Crippen LogP contribution in [0.5, 0.6) is 0 Å². The second kappa shape index (κ2) is 5.81. The first-order valence-electron chi connectivity index (χ1n) is 5.82. The zero-order chi connectivity index (χ0) is 14.9. The molecule has 0 radical (unpaired) electrons. The van der Waals surface area contributed by atoms with E-state index in [1.54, 1.807) is 31.2 Å². The fourth-order valence-corrected chi connectivity index (χ4v) is 2.70. The number of carboxylic acid groups (broad SMARTS) is 1. The lowest BCUT2D eigenvalue weighted by atomic mass is 10.1. The van der Waals surface area contributed by atoms with Crippen molar-refractivity contribution in [3.8, 4) is 0 Å². The van der Waals surface area contributed by atoms with Crippen LogP contribution in [-0.2, 0) is 0 Å². The topological polar surface area (TPSA) is 62.2 Å². The summed E-state index contributed by atoms with van der Waals surface area (Å²) >= 11 is 9.27. The molecule has 0 fully saturated rings. The molecule has 2 rings (SSSR count). The van der Waals surface area contributed by atoms with Crippen molar-refractivity contribution in [1.82, 2.24) is 4.98 Å². The van der Waals surface area contributed by atoms with Gasteiger partial charge in [-0.3, -0.25) is 0 Å². The van der Waals surface area contributed by atoms with E-state index in [0.717, 1.165) is 10.2 Å². The van der Waals surface area contributed by atoms with Gasteiger partial charge in [-0.05, 0) is 59.6 Å². The Labute approximate surface area is 129 Å². The number of hydrogen-bond donors (Lipinski definition) is 2. The van der Waals surface area contributed by atoms with Crippen LogP contribution < -0.4 is 5.32 Å². The molecule has 0 aliphatic heterocycles. The van der Waals surface area contributed by atoms with E-state index < -0.39 is 5.97 Å². The third-order valence-corrected chi connectivity index (χ3v) is 3.63. The van der Waals surface area contributed by atoms with Gasteiger partial charge in [-0.2, -0.15) is 0 Å². The van der Waals surface area contributed by atoms with Crippen LogP contribution in [0.3, 0.4) is 0 Å². The first kappa shape index (κ1) is 14.8. The first-order valence-corrected chi connectivity index (χ1v) is 6.99. The summed E-state index contributed by atoms with van der Waals surface area (Å²) < 4.78 is 0.738. The lowest BCUT2D eigenvalue weighted by Crippen LogP contribution is -2.08. The molecule has 1 heterocycles. The minimum absolute atomic E-state index is 0.164. The van der Waals surface area contributed by atoms with E-state index in [4.69, 9.17) is 11.6 Å². The minimum Gasteiger partial charge on any atom is -0.478 e. The molecular formula is C14H12BrClN2O2. The smallest absolute Gasteiger partial charge is 0.339 e. The molecule has 1 aromatic heterocycles. The molecule has 6 heteroatoms. The van der Waals surface area contributed by atoms with Crippen molar-refractivity contribution in [3.63, 3.8) is 0 Å². The minimum atomic E-state index is -1.01. The molecule has 0 saturated carbocycles. The number of hydrogen-bond acceptors (Lipinski definition) is 3. The number of aromatic carboxylic acids is 1. The molecule has 0 aliphatic carbocycles. The van der Waals surface area contributed by atoms with E-state index in [1.807, 2.05) is 6.92 Å². The Hall–Kier alpha value is -1.59. The summed E-state index contributed by atoms with van der Waals surface area (Å²) in [5, 5.41) is 12.9. The van der Waals surface area contributed by atoms with Gasteiger partial charge in [0.1, 0.15) is 11.4 Å². The highest BCUT2D eigenvalue weighted by molar-refractivity contribution is 9.10. The summed E-state index contributed by atoms with van der Waals surface area (Å²) in [7, 11) is 0. The summed E-state index contributed by atoms with van der Waals surface area (Å²) in [6.07, 6.45) is 0. The Morgan fingerprint density at radius 2 is 2.05 bits per heavy atom. The number of aromatic nitrogens is 1. The zero-order valence-corrected chi connectivity index (χ0v) is 13.2. The second-order valence-corrected chi connectivity index (χ2v) is 5.65. The second-order valence-electron chi connectivity index (χ2n) is 4.36. The molecule has 1 aromatic carbocycles. The fourth-order valence-electron chi connectivity index (χ4n) is 1.92. The number of rotatable bonds is 3. The summed E-state index contributed by atoms with van der Waals surface area (Å²) in [4.78, 5) is 15.6. The summed E-state index contributed by atoms with van der Waals surface area (Å²) in [5.74, 6) is -0.694. The van der Waals surface area contributed by atoms with Crippen LogP contribution in [0.1, 0.15) is 21.6 Å². The van der Waals surface area contributed by atoms with Crippen molar-refractivity contribution in [3.05, 3.63) is 50.6 Å². The SMILES string of the molecule is Cc1cc(C)c(C(=O)O)c(Nc2ccc(Cl)cc2Br)n1.